The van der Waals surface area contributed by atoms with Crippen LogP contribution in [0.4, 0.5) is 0 Å². The predicted octanol–water partition coefficient (Wildman–Crippen LogP) is 2.34. The van der Waals surface area contributed by atoms with Gasteiger partial charge in [0.2, 0.25) is 0 Å². The molecule has 1 aliphatic rings. The summed E-state index contributed by atoms with van der Waals surface area (Å²) >= 11 is 0. The molecule has 4 nitrogen and oxygen atoms in total. The van der Waals surface area contributed by atoms with Gasteiger partial charge in [-0.2, -0.15) is 0 Å². The van der Waals surface area contributed by atoms with E-state index in [9.17, 15) is 0 Å². The highest BCUT2D eigenvalue weighted by Crippen LogP contribution is 2.31. The van der Waals surface area contributed by atoms with E-state index in [1.165, 1.54) is 5.56 Å². The molecule has 0 saturated heterocycles. The highest BCUT2D eigenvalue weighted by Gasteiger charge is 2.21. The molecule has 1 aliphatic heterocycles. The molecule has 0 fully saturated rings. The molecule has 0 aliphatic carbocycles. The van der Waals surface area contributed by atoms with E-state index in [4.69, 9.17) is 15.2 Å². The van der Waals surface area contributed by atoms with Crippen LogP contribution in [-0.2, 0) is 19.4 Å². The predicted molar refractivity (Wildman–Crippen MR) is 81.5 cm³/mol. The Labute approximate surface area is 124 Å². The maximum atomic E-state index is 5.87. The van der Waals surface area contributed by atoms with Crippen LogP contribution in [0.1, 0.15) is 16.8 Å². The maximum absolute atomic E-state index is 5.87. The number of methoxy groups -OCH3 is 1. The number of benzene rings is 1. The Hall–Kier alpha value is -2.07. The van der Waals surface area contributed by atoms with E-state index in [1.807, 2.05) is 24.4 Å². The van der Waals surface area contributed by atoms with Gasteiger partial charge in [0.1, 0.15) is 11.5 Å². The van der Waals surface area contributed by atoms with Crippen molar-refractivity contribution in [2.45, 2.75) is 19.4 Å². The monoisotopic (exact) mass is 284 g/mol. The summed E-state index contributed by atoms with van der Waals surface area (Å²) in [7, 11) is 1.67. The number of ether oxygens (including phenoxy) is 2. The normalized spacial score (nSPS) is 17.0. The molecule has 2 heterocycles. The molecule has 0 bridgehead atoms. The fraction of sp³-hybridized carbons (Fsp3) is 0.353. The molecular formula is C17H20N2O2. The molecule has 0 amide bonds. The number of fused-ring (bicyclic) bond motifs is 1. The first-order valence-corrected chi connectivity index (χ1v) is 7.22. The molecule has 1 aromatic carbocycles. The van der Waals surface area contributed by atoms with Gasteiger partial charge in [0.25, 0.3) is 0 Å². The molecule has 3 rings (SSSR count). The lowest BCUT2D eigenvalue weighted by molar-refractivity contribution is 0.219. The quantitative estimate of drug-likeness (QED) is 0.936. The summed E-state index contributed by atoms with van der Waals surface area (Å²) in [6.45, 7) is 1.26. The Morgan fingerprint density at radius 1 is 1.33 bits per heavy atom. The summed E-state index contributed by atoms with van der Waals surface area (Å²) in [4.78, 5) is 4.47. The van der Waals surface area contributed by atoms with Crippen LogP contribution in [0.5, 0.6) is 11.5 Å². The van der Waals surface area contributed by atoms with E-state index in [0.29, 0.717) is 12.5 Å². The second-order valence-corrected chi connectivity index (χ2v) is 5.42. The number of nitrogens with zero attached hydrogens (tertiary/aromatic N) is 1. The zero-order chi connectivity index (χ0) is 14.7. The standard InChI is InChI=1S/C17H20N2O2/c1-20-16-5-3-14-6-13(11-21-17(14)8-16)7-15-4-2-12(9-18)10-19-15/h2-5,8,10,13H,6-7,9,11,18H2,1H3/t13-/m0/s1. The summed E-state index contributed by atoms with van der Waals surface area (Å²) < 4.78 is 11.1. The highest BCUT2D eigenvalue weighted by molar-refractivity contribution is 5.42. The fourth-order valence-corrected chi connectivity index (χ4v) is 2.67. The molecule has 21 heavy (non-hydrogen) atoms. The molecule has 1 aromatic heterocycles. The first kappa shape index (κ1) is 13.9. The molecule has 2 N–H and O–H groups in total. The molecule has 4 heteroatoms. The number of rotatable bonds is 4. The van der Waals surface area contributed by atoms with E-state index < -0.39 is 0 Å². The number of nitrogens with two attached hydrogens (primary N) is 1. The van der Waals surface area contributed by atoms with E-state index in [1.54, 1.807) is 7.11 Å². The van der Waals surface area contributed by atoms with Gasteiger partial charge in [-0.1, -0.05) is 12.1 Å². The summed E-state index contributed by atoms with van der Waals surface area (Å²) in [6, 6.07) is 10.1. The van der Waals surface area contributed by atoms with E-state index >= 15 is 0 Å². The summed E-state index contributed by atoms with van der Waals surface area (Å²) in [6.07, 6.45) is 3.80. The van der Waals surface area contributed by atoms with E-state index in [2.05, 4.69) is 17.1 Å². The summed E-state index contributed by atoms with van der Waals surface area (Å²) in [5.41, 5.74) is 8.99. The molecular weight excluding hydrogens is 264 g/mol. The van der Waals surface area contributed by atoms with Gasteiger partial charge in [0.05, 0.1) is 13.7 Å². The van der Waals surface area contributed by atoms with Crippen LogP contribution in [0, 0.1) is 5.92 Å². The Morgan fingerprint density at radius 2 is 2.24 bits per heavy atom. The molecule has 0 saturated carbocycles. The third-order valence-corrected chi connectivity index (χ3v) is 3.88. The number of hydrogen-bond acceptors (Lipinski definition) is 4. The summed E-state index contributed by atoms with van der Waals surface area (Å²) in [5.74, 6) is 2.24. The maximum Gasteiger partial charge on any atom is 0.126 e. The number of aromatic nitrogens is 1. The average molecular weight is 284 g/mol. The van der Waals surface area contributed by atoms with Gasteiger partial charge in [-0.3, -0.25) is 4.98 Å². The van der Waals surface area contributed by atoms with Gasteiger partial charge in [-0.25, -0.2) is 0 Å². The molecule has 0 unspecified atom stereocenters. The van der Waals surface area contributed by atoms with Crippen LogP contribution in [-0.4, -0.2) is 18.7 Å². The van der Waals surface area contributed by atoms with Crippen LogP contribution in [0.3, 0.4) is 0 Å². The van der Waals surface area contributed by atoms with Crippen LogP contribution < -0.4 is 15.2 Å². The van der Waals surface area contributed by atoms with Crippen molar-refractivity contribution in [2.75, 3.05) is 13.7 Å². The van der Waals surface area contributed by atoms with Crippen molar-refractivity contribution in [3.63, 3.8) is 0 Å². The number of pyridine rings is 1. The molecule has 110 valence electrons. The van der Waals surface area contributed by atoms with Crippen molar-refractivity contribution in [3.8, 4) is 11.5 Å². The lowest BCUT2D eigenvalue weighted by Crippen LogP contribution is -2.23. The minimum absolute atomic E-state index is 0.460. The fourth-order valence-electron chi connectivity index (χ4n) is 2.67. The van der Waals surface area contributed by atoms with Gasteiger partial charge in [0, 0.05) is 30.4 Å². The third kappa shape index (κ3) is 3.16. The van der Waals surface area contributed by atoms with Gasteiger partial charge in [-0.15, -0.1) is 0 Å². The van der Waals surface area contributed by atoms with Gasteiger partial charge >= 0.3 is 0 Å². The lowest BCUT2D eigenvalue weighted by Gasteiger charge is -2.25. The zero-order valence-electron chi connectivity index (χ0n) is 12.2. The van der Waals surface area contributed by atoms with Crippen LogP contribution >= 0.6 is 0 Å². The Balaban J connectivity index is 1.68. The van der Waals surface area contributed by atoms with E-state index in [0.717, 1.165) is 42.2 Å². The van der Waals surface area contributed by atoms with E-state index in [-0.39, 0.29) is 0 Å². The summed E-state index contributed by atoms with van der Waals surface area (Å²) in [5, 5.41) is 0. The van der Waals surface area contributed by atoms with Crippen molar-refractivity contribution >= 4 is 0 Å². The highest BCUT2D eigenvalue weighted by atomic mass is 16.5. The lowest BCUT2D eigenvalue weighted by atomic mass is 9.92. The molecule has 0 radical (unpaired) electrons. The minimum atomic E-state index is 0.460. The molecule has 0 spiro atoms. The van der Waals surface area contributed by atoms with Crippen molar-refractivity contribution in [1.82, 2.24) is 4.98 Å². The molecule has 2 aromatic rings. The Morgan fingerprint density at radius 3 is 2.95 bits per heavy atom. The van der Waals surface area contributed by atoms with Crippen LogP contribution in [0.2, 0.25) is 0 Å². The zero-order valence-corrected chi connectivity index (χ0v) is 12.2. The third-order valence-electron chi connectivity index (χ3n) is 3.88. The van der Waals surface area contributed by atoms with Crippen molar-refractivity contribution < 1.29 is 9.47 Å². The van der Waals surface area contributed by atoms with Gasteiger partial charge in [-0.05, 0) is 36.1 Å². The molecule has 1 atom stereocenters. The minimum Gasteiger partial charge on any atom is -0.497 e. The van der Waals surface area contributed by atoms with Crippen molar-refractivity contribution in [2.24, 2.45) is 11.7 Å². The van der Waals surface area contributed by atoms with Crippen molar-refractivity contribution in [3.05, 3.63) is 53.3 Å². The second-order valence-electron chi connectivity index (χ2n) is 5.42. The first-order valence-electron chi connectivity index (χ1n) is 7.22. The SMILES string of the molecule is COc1ccc2c(c1)OC[C@H](Cc1ccc(CN)cn1)C2. The van der Waals surface area contributed by atoms with Crippen LogP contribution in [0.25, 0.3) is 0 Å². The van der Waals surface area contributed by atoms with Crippen molar-refractivity contribution in [1.29, 1.82) is 0 Å². The first-order chi connectivity index (χ1) is 10.3. The Kier molecular flexibility index (Phi) is 4.06. The topological polar surface area (TPSA) is 57.4 Å². The van der Waals surface area contributed by atoms with Gasteiger partial charge < -0.3 is 15.2 Å². The largest absolute Gasteiger partial charge is 0.497 e. The van der Waals surface area contributed by atoms with Gasteiger partial charge in [0.15, 0.2) is 0 Å². The Bertz CT molecular complexity index is 611. The smallest absolute Gasteiger partial charge is 0.126 e. The average Bonchev–Trinajstić information content (AvgIpc) is 2.55. The van der Waals surface area contributed by atoms with Crippen LogP contribution in [0.15, 0.2) is 36.5 Å². The second kappa shape index (κ2) is 6.14. The number of hydrogen-bond donors (Lipinski definition) is 1.